The third-order valence-corrected chi connectivity index (χ3v) is 7.38. The number of aliphatic hydroxyl groups is 1. The molecule has 15 heteroatoms. The number of esters is 1. The van der Waals surface area contributed by atoms with Gasteiger partial charge in [0.05, 0.1) is 18.9 Å². The Morgan fingerprint density at radius 2 is 1.97 bits per heavy atom. The van der Waals surface area contributed by atoms with Crippen LogP contribution in [0.15, 0.2) is 46.1 Å². The van der Waals surface area contributed by atoms with Crippen LogP contribution in [0.4, 0.5) is 4.39 Å². The van der Waals surface area contributed by atoms with Gasteiger partial charge in [0.1, 0.15) is 28.9 Å². The lowest BCUT2D eigenvalue weighted by atomic mass is 10.0. The van der Waals surface area contributed by atoms with Gasteiger partial charge in [-0.05, 0) is 39.8 Å². The van der Waals surface area contributed by atoms with Crippen LogP contribution in [0.3, 0.4) is 0 Å². The number of halogens is 2. The van der Waals surface area contributed by atoms with Crippen molar-refractivity contribution < 1.29 is 37.4 Å². The summed E-state index contributed by atoms with van der Waals surface area (Å²) in [6, 6.07) is 6.88. The summed E-state index contributed by atoms with van der Waals surface area (Å²) in [6.07, 6.45) is -4.03. The van der Waals surface area contributed by atoms with Crippen molar-refractivity contribution in [3.05, 3.63) is 63.2 Å². The van der Waals surface area contributed by atoms with Crippen LogP contribution in [0.5, 0.6) is 5.75 Å². The molecular weight excluding hydrogens is 536 g/mol. The van der Waals surface area contributed by atoms with Crippen molar-refractivity contribution in [3.63, 3.8) is 0 Å². The van der Waals surface area contributed by atoms with Crippen molar-refractivity contribution in [2.45, 2.75) is 63.2 Å². The number of nitrogens with one attached hydrogen (secondary N) is 2. The lowest BCUT2D eigenvalue weighted by Crippen LogP contribution is -2.43. The maximum Gasteiger partial charge on any atom is 0.459 e. The van der Waals surface area contributed by atoms with Crippen LogP contribution in [-0.2, 0) is 23.4 Å². The highest BCUT2D eigenvalue weighted by Crippen LogP contribution is 2.48. The van der Waals surface area contributed by atoms with Crippen molar-refractivity contribution in [1.29, 1.82) is 0 Å². The lowest BCUT2D eigenvalue weighted by molar-refractivity contribution is -0.149. The van der Waals surface area contributed by atoms with Gasteiger partial charge in [-0.15, -0.1) is 11.6 Å². The van der Waals surface area contributed by atoms with Crippen LogP contribution in [0.2, 0.25) is 0 Å². The van der Waals surface area contributed by atoms with E-state index in [1.54, 1.807) is 37.0 Å². The molecule has 0 amide bonds. The zero-order chi connectivity index (χ0) is 27.5. The smallest absolute Gasteiger partial charge is 0.459 e. The predicted octanol–water partition coefficient (Wildman–Crippen LogP) is 2.06. The van der Waals surface area contributed by atoms with Crippen LogP contribution < -0.4 is 20.9 Å². The average molecular weight is 564 g/mol. The number of H-pyrrole nitrogens is 1. The topological polar surface area (TPSA) is 158 Å². The first-order valence-corrected chi connectivity index (χ1v) is 13.2. The second-order valence-corrected chi connectivity index (χ2v) is 11.3. The van der Waals surface area contributed by atoms with E-state index in [0.717, 1.165) is 0 Å². The Balaban J connectivity index is 1.82. The van der Waals surface area contributed by atoms with Crippen molar-refractivity contribution >= 4 is 25.3 Å². The molecule has 37 heavy (non-hydrogen) atoms. The van der Waals surface area contributed by atoms with Gasteiger partial charge in [0.2, 0.25) is 5.82 Å². The molecule has 0 saturated carbocycles. The van der Waals surface area contributed by atoms with Gasteiger partial charge in [-0.25, -0.2) is 9.36 Å². The molecule has 2 heterocycles. The highest BCUT2D eigenvalue weighted by Gasteiger charge is 2.54. The lowest BCUT2D eigenvalue weighted by Gasteiger charge is -2.26. The van der Waals surface area contributed by atoms with Crippen LogP contribution in [0, 0.1) is 5.82 Å². The van der Waals surface area contributed by atoms with Crippen molar-refractivity contribution in [1.82, 2.24) is 14.6 Å². The van der Waals surface area contributed by atoms with E-state index in [2.05, 4.69) is 5.09 Å². The van der Waals surface area contributed by atoms with E-state index < -0.39 is 72.8 Å². The molecule has 1 unspecified atom stereocenters. The molecule has 0 radical (unpaired) electrons. The van der Waals surface area contributed by atoms with Gasteiger partial charge in [0, 0.05) is 0 Å². The van der Waals surface area contributed by atoms with Crippen LogP contribution in [0.25, 0.3) is 0 Å². The highest BCUT2D eigenvalue weighted by molar-refractivity contribution is 7.52. The zero-order valence-electron chi connectivity index (χ0n) is 20.4. The first kappa shape index (κ1) is 29.0. The molecule has 0 spiro atoms. The second kappa shape index (κ2) is 11.5. The Hall–Kier alpha value is -2.54. The van der Waals surface area contributed by atoms with E-state index in [4.69, 9.17) is 30.1 Å². The highest BCUT2D eigenvalue weighted by atomic mass is 35.5. The number of rotatable bonds is 10. The van der Waals surface area contributed by atoms with Gasteiger partial charge >= 0.3 is 19.4 Å². The fraction of sp³-hybridized carbons (Fsp3) is 0.500. The van der Waals surface area contributed by atoms with Gasteiger partial charge in [0.25, 0.3) is 5.56 Å². The maximum atomic E-state index is 13.8. The SMILES string of the molecule is CC(C)OC(=O)[C@H](C)NP(=O)(OC[C@H]1O[C@@H](n2cc(F)c(=O)[nH]c2=O)[C@](C)(Cl)[C@@H]1O)Oc1ccccc1. The van der Waals surface area contributed by atoms with Gasteiger partial charge in [-0.3, -0.25) is 23.7 Å². The zero-order valence-corrected chi connectivity index (χ0v) is 22.1. The number of benzene rings is 1. The van der Waals surface area contributed by atoms with Crippen LogP contribution in [-0.4, -0.2) is 56.5 Å². The number of hydrogen-bond donors (Lipinski definition) is 3. The number of nitrogens with zero attached hydrogens (tertiary/aromatic N) is 1. The third-order valence-electron chi connectivity index (χ3n) is 5.33. The Bertz CT molecular complexity index is 1270. The molecule has 0 aliphatic carbocycles. The minimum atomic E-state index is -4.29. The number of hydrogen-bond acceptors (Lipinski definition) is 9. The molecule has 0 bridgehead atoms. The fourth-order valence-corrected chi connectivity index (χ4v) is 5.29. The molecule has 204 valence electrons. The molecule has 1 saturated heterocycles. The minimum absolute atomic E-state index is 0.158. The summed E-state index contributed by atoms with van der Waals surface area (Å²) < 4.78 is 50.0. The molecule has 1 aromatic carbocycles. The van der Waals surface area contributed by atoms with Gasteiger partial charge in [-0.2, -0.15) is 9.48 Å². The summed E-state index contributed by atoms with van der Waals surface area (Å²) in [5.74, 6) is -1.82. The second-order valence-electron chi connectivity index (χ2n) is 8.80. The maximum absolute atomic E-state index is 13.8. The Labute approximate surface area is 216 Å². The fourth-order valence-electron chi connectivity index (χ4n) is 3.49. The number of aromatic amines is 1. The summed E-state index contributed by atoms with van der Waals surface area (Å²) in [6.45, 7) is 5.46. The number of alkyl halides is 1. The summed E-state index contributed by atoms with van der Waals surface area (Å²) in [5, 5.41) is 13.3. The molecule has 1 aromatic heterocycles. The van der Waals surface area contributed by atoms with Crippen molar-refractivity contribution in [2.24, 2.45) is 0 Å². The van der Waals surface area contributed by atoms with E-state index in [0.29, 0.717) is 10.8 Å². The number of ether oxygens (including phenoxy) is 2. The molecule has 3 rings (SSSR count). The van der Waals surface area contributed by atoms with Crippen molar-refractivity contribution in [2.75, 3.05) is 6.61 Å². The van der Waals surface area contributed by atoms with E-state index >= 15 is 0 Å². The molecule has 1 fully saturated rings. The Morgan fingerprint density at radius 3 is 2.59 bits per heavy atom. The summed E-state index contributed by atoms with van der Waals surface area (Å²) >= 11 is 6.45. The average Bonchev–Trinajstić information content (AvgIpc) is 3.03. The summed E-state index contributed by atoms with van der Waals surface area (Å²) in [5.41, 5.74) is -2.25. The Kier molecular flexibility index (Phi) is 8.99. The summed E-state index contributed by atoms with van der Waals surface area (Å²) in [7, 11) is -4.29. The number of aliphatic hydroxyl groups excluding tert-OH is 1. The molecule has 1 aliphatic heterocycles. The van der Waals surface area contributed by atoms with E-state index in [-0.39, 0.29) is 5.75 Å². The number of para-hydroxylation sites is 1. The first-order chi connectivity index (χ1) is 17.2. The van der Waals surface area contributed by atoms with E-state index in [1.165, 1.54) is 26.0 Å². The quantitative estimate of drug-likeness (QED) is 0.222. The molecular formula is C22H28ClFN3O9P. The first-order valence-electron chi connectivity index (χ1n) is 11.2. The molecule has 12 nitrogen and oxygen atoms in total. The normalized spacial score (nSPS) is 26.0. The standard InChI is InChI=1S/C22H28ClFN3O9P/c1-12(2)34-19(30)13(3)26-37(32,36-14-8-6-5-7-9-14)33-11-16-17(28)22(4,23)20(35-16)27-10-15(24)18(29)25-21(27)31/h5-10,12-13,16-17,20,28H,11H2,1-4H3,(H,26,32)(H,25,29,31)/t13-,16+,17+,20+,22+,37?/m0/s1. The Morgan fingerprint density at radius 1 is 1.32 bits per heavy atom. The van der Waals surface area contributed by atoms with Gasteiger partial charge < -0.3 is 19.1 Å². The monoisotopic (exact) mass is 563 g/mol. The number of carbonyl (C=O) groups is 1. The van der Waals surface area contributed by atoms with Crippen molar-refractivity contribution in [3.8, 4) is 5.75 Å². The third kappa shape index (κ3) is 6.86. The molecule has 2 aromatic rings. The van der Waals surface area contributed by atoms with Gasteiger partial charge in [0.15, 0.2) is 6.23 Å². The minimum Gasteiger partial charge on any atom is -0.462 e. The van der Waals surface area contributed by atoms with Gasteiger partial charge in [-0.1, -0.05) is 18.2 Å². The molecule has 6 atom stereocenters. The largest absolute Gasteiger partial charge is 0.462 e. The van der Waals surface area contributed by atoms with Crippen LogP contribution >= 0.6 is 19.3 Å². The van der Waals surface area contributed by atoms with E-state index in [9.17, 15) is 28.4 Å². The summed E-state index contributed by atoms with van der Waals surface area (Å²) in [4.78, 5) is 36.0. The van der Waals surface area contributed by atoms with Crippen LogP contribution in [0.1, 0.15) is 33.9 Å². The number of aromatic nitrogens is 2. The molecule has 1 aliphatic rings. The molecule has 3 N–H and O–H groups in total. The van der Waals surface area contributed by atoms with E-state index in [1.807, 2.05) is 0 Å². The number of carbonyl (C=O) groups excluding carboxylic acids is 1. The predicted molar refractivity (Wildman–Crippen MR) is 130 cm³/mol.